The van der Waals surface area contributed by atoms with Crippen molar-refractivity contribution in [2.75, 3.05) is 47.4 Å². The van der Waals surface area contributed by atoms with Crippen molar-refractivity contribution in [2.24, 2.45) is 11.8 Å². The molecule has 4 heteroatoms. The minimum atomic E-state index is -0.0807. The van der Waals surface area contributed by atoms with Crippen LogP contribution in [0.25, 0.3) is 0 Å². The molecule has 0 aromatic carbocycles. The van der Waals surface area contributed by atoms with E-state index in [9.17, 15) is 4.79 Å². The Hall–Kier alpha value is -0.610. The number of methoxy groups -OCH3 is 1. The van der Waals surface area contributed by atoms with Crippen LogP contribution in [0.2, 0.25) is 0 Å². The molecule has 4 nitrogen and oxygen atoms in total. The largest absolute Gasteiger partial charge is 0.469 e. The van der Waals surface area contributed by atoms with Crippen LogP contribution in [0.3, 0.4) is 0 Å². The average Bonchev–Trinajstić information content (AvgIpc) is 2.70. The van der Waals surface area contributed by atoms with Crippen LogP contribution in [0.5, 0.6) is 0 Å². The molecule has 17 heavy (non-hydrogen) atoms. The van der Waals surface area contributed by atoms with Gasteiger partial charge >= 0.3 is 5.97 Å². The predicted molar refractivity (Wildman–Crippen MR) is 68.9 cm³/mol. The molecule has 0 bridgehead atoms. The van der Waals surface area contributed by atoms with Crippen LogP contribution >= 0.6 is 0 Å². The second-order valence-electron chi connectivity index (χ2n) is 5.27. The van der Waals surface area contributed by atoms with Gasteiger partial charge in [-0.25, -0.2) is 0 Å². The fourth-order valence-electron chi connectivity index (χ4n) is 2.60. The van der Waals surface area contributed by atoms with Gasteiger partial charge in [-0.1, -0.05) is 6.92 Å². The van der Waals surface area contributed by atoms with Crippen molar-refractivity contribution in [3.05, 3.63) is 0 Å². The Labute approximate surface area is 105 Å². The third-order valence-corrected chi connectivity index (χ3v) is 3.62. The van der Waals surface area contributed by atoms with Gasteiger partial charge in [-0.15, -0.1) is 0 Å². The van der Waals surface area contributed by atoms with Gasteiger partial charge < -0.3 is 14.5 Å². The number of hydrogen-bond donors (Lipinski definition) is 0. The second-order valence-corrected chi connectivity index (χ2v) is 5.27. The molecular formula is C13H26N2O2. The average molecular weight is 242 g/mol. The van der Waals surface area contributed by atoms with Crippen molar-refractivity contribution in [2.45, 2.75) is 19.8 Å². The molecule has 0 amide bonds. The summed E-state index contributed by atoms with van der Waals surface area (Å²) >= 11 is 0. The lowest BCUT2D eigenvalue weighted by molar-refractivity contribution is -0.146. The number of esters is 1. The first-order valence-corrected chi connectivity index (χ1v) is 6.51. The van der Waals surface area contributed by atoms with Crippen LogP contribution in [0.15, 0.2) is 0 Å². The maximum Gasteiger partial charge on any atom is 0.309 e. The molecule has 0 spiro atoms. The summed E-state index contributed by atoms with van der Waals surface area (Å²) in [6.07, 6.45) is 2.12. The highest BCUT2D eigenvalue weighted by Gasteiger charge is 2.23. The molecule has 2 unspecified atom stereocenters. The molecule has 0 radical (unpaired) electrons. The number of hydrogen-bond acceptors (Lipinski definition) is 4. The SMILES string of the molecule is CCC(CN(C)CC1CCN(C)C1)C(=O)OC. The van der Waals surface area contributed by atoms with Gasteiger partial charge in [-0.05, 0) is 39.4 Å². The van der Waals surface area contributed by atoms with E-state index in [1.807, 2.05) is 6.92 Å². The number of rotatable bonds is 6. The highest BCUT2D eigenvalue weighted by atomic mass is 16.5. The molecule has 1 fully saturated rings. The van der Waals surface area contributed by atoms with E-state index in [4.69, 9.17) is 4.74 Å². The lowest BCUT2D eigenvalue weighted by atomic mass is 10.0. The Morgan fingerprint density at radius 3 is 2.76 bits per heavy atom. The van der Waals surface area contributed by atoms with Crippen LogP contribution in [0.1, 0.15) is 19.8 Å². The van der Waals surface area contributed by atoms with Gasteiger partial charge in [0.25, 0.3) is 0 Å². The predicted octanol–water partition coefficient (Wildman–Crippen LogP) is 1.07. The molecule has 100 valence electrons. The van der Waals surface area contributed by atoms with Gasteiger partial charge in [0.2, 0.25) is 0 Å². The zero-order valence-corrected chi connectivity index (χ0v) is 11.6. The van der Waals surface area contributed by atoms with Gasteiger partial charge in [-0.2, -0.15) is 0 Å². The first kappa shape index (κ1) is 14.5. The van der Waals surface area contributed by atoms with Crippen LogP contribution in [-0.4, -0.2) is 63.2 Å². The molecule has 1 aliphatic rings. The van der Waals surface area contributed by atoms with Gasteiger partial charge in [0, 0.05) is 19.6 Å². The molecule has 0 aromatic rings. The number of likely N-dealkylation sites (tertiary alicyclic amines) is 1. The number of nitrogens with zero attached hydrogens (tertiary/aromatic N) is 2. The highest BCUT2D eigenvalue weighted by molar-refractivity contribution is 5.72. The van der Waals surface area contributed by atoms with Gasteiger partial charge in [-0.3, -0.25) is 4.79 Å². The van der Waals surface area contributed by atoms with Crippen LogP contribution in [-0.2, 0) is 9.53 Å². The van der Waals surface area contributed by atoms with E-state index >= 15 is 0 Å². The minimum absolute atomic E-state index is 0.0177. The highest BCUT2D eigenvalue weighted by Crippen LogP contribution is 2.16. The van der Waals surface area contributed by atoms with E-state index in [-0.39, 0.29) is 11.9 Å². The van der Waals surface area contributed by atoms with Crippen molar-refractivity contribution < 1.29 is 9.53 Å². The standard InChI is InChI=1S/C13H26N2O2/c1-5-12(13(16)17-4)10-15(3)9-11-6-7-14(2)8-11/h11-12H,5-10H2,1-4H3. The van der Waals surface area contributed by atoms with Crippen molar-refractivity contribution >= 4 is 5.97 Å². The summed E-state index contributed by atoms with van der Waals surface area (Å²) in [5.41, 5.74) is 0. The van der Waals surface area contributed by atoms with Crippen molar-refractivity contribution in [1.29, 1.82) is 0 Å². The summed E-state index contributed by atoms with van der Waals surface area (Å²) in [6, 6.07) is 0. The Balaban J connectivity index is 2.32. The van der Waals surface area contributed by atoms with Crippen LogP contribution in [0.4, 0.5) is 0 Å². The topological polar surface area (TPSA) is 32.8 Å². The van der Waals surface area contributed by atoms with Gasteiger partial charge in [0.1, 0.15) is 0 Å². The number of ether oxygens (including phenoxy) is 1. The third-order valence-electron chi connectivity index (χ3n) is 3.62. The Morgan fingerprint density at radius 1 is 1.59 bits per heavy atom. The first-order valence-electron chi connectivity index (χ1n) is 6.51. The summed E-state index contributed by atoms with van der Waals surface area (Å²) in [7, 11) is 5.74. The molecule has 2 atom stereocenters. The Kier molecular flexibility index (Phi) is 5.92. The normalized spacial score (nSPS) is 23.0. The maximum atomic E-state index is 11.5. The minimum Gasteiger partial charge on any atom is -0.469 e. The zero-order valence-electron chi connectivity index (χ0n) is 11.6. The Bertz CT molecular complexity index is 246. The molecule has 0 aromatic heterocycles. The number of carbonyl (C=O) groups is 1. The molecular weight excluding hydrogens is 216 g/mol. The molecule has 0 aliphatic carbocycles. The van der Waals surface area contributed by atoms with Crippen LogP contribution in [0, 0.1) is 11.8 Å². The smallest absolute Gasteiger partial charge is 0.309 e. The molecule has 0 N–H and O–H groups in total. The lowest BCUT2D eigenvalue weighted by Gasteiger charge is -2.24. The zero-order chi connectivity index (χ0) is 12.8. The van der Waals surface area contributed by atoms with Crippen molar-refractivity contribution in [3.63, 3.8) is 0 Å². The molecule has 1 saturated heterocycles. The van der Waals surface area contributed by atoms with Gasteiger partial charge in [0.05, 0.1) is 13.0 Å². The lowest BCUT2D eigenvalue weighted by Crippen LogP contribution is -2.34. The Morgan fingerprint density at radius 2 is 2.29 bits per heavy atom. The van der Waals surface area contributed by atoms with E-state index < -0.39 is 0 Å². The van der Waals surface area contributed by atoms with Crippen molar-refractivity contribution in [1.82, 2.24) is 9.80 Å². The number of carbonyl (C=O) groups excluding carboxylic acids is 1. The van der Waals surface area contributed by atoms with E-state index in [2.05, 4.69) is 23.9 Å². The third kappa shape index (κ3) is 4.64. The molecule has 1 rings (SSSR count). The van der Waals surface area contributed by atoms with Gasteiger partial charge in [0.15, 0.2) is 0 Å². The quantitative estimate of drug-likeness (QED) is 0.652. The van der Waals surface area contributed by atoms with E-state index in [1.165, 1.54) is 26.6 Å². The molecule has 1 aliphatic heterocycles. The molecule has 1 heterocycles. The maximum absolute atomic E-state index is 11.5. The first-order chi connectivity index (χ1) is 8.06. The van der Waals surface area contributed by atoms with Crippen molar-refractivity contribution in [3.8, 4) is 0 Å². The summed E-state index contributed by atoms with van der Waals surface area (Å²) in [6.45, 7) is 6.31. The monoisotopic (exact) mass is 242 g/mol. The fourth-order valence-corrected chi connectivity index (χ4v) is 2.60. The van der Waals surface area contributed by atoms with Crippen LogP contribution < -0.4 is 0 Å². The summed E-state index contributed by atoms with van der Waals surface area (Å²) in [5.74, 6) is 0.687. The second kappa shape index (κ2) is 6.97. The summed E-state index contributed by atoms with van der Waals surface area (Å²) in [5, 5.41) is 0. The summed E-state index contributed by atoms with van der Waals surface area (Å²) < 4.78 is 4.82. The summed E-state index contributed by atoms with van der Waals surface area (Å²) in [4.78, 5) is 16.2. The fraction of sp³-hybridized carbons (Fsp3) is 0.923. The van der Waals surface area contributed by atoms with E-state index in [0.717, 1.165) is 25.4 Å². The van der Waals surface area contributed by atoms with E-state index in [1.54, 1.807) is 0 Å². The van der Waals surface area contributed by atoms with E-state index in [0.29, 0.717) is 0 Å². The molecule has 0 saturated carbocycles.